The summed E-state index contributed by atoms with van der Waals surface area (Å²) in [5.41, 5.74) is 1.97. The van der Waals surface area contributed by atoms with E-state index in [9.17, 15) is 9.90 Å². The minimum atomic E-state index is -0.352. The van der Waals surface area contributed by atoms with Gasteiger partial charge in [0.05, 0.1) is 5.69 Å². The number of hydrogen-bond donors (Lipinski definition) is 3. The monoisotopic (exact) mass is 294 g/mol. The molecule has 3 aromatic rings. The van der Waals surface area contributed by atoms with Gasteiger partial charge in [-0.2, -0.15) is 0 Å². The number of aromatic nitrogens is 3. The zero-order chi connectivity index (χ0) is 15.5. The number of aromatic hydroxyl groups is 1. The van der Waals surface area contributed by atoms with Gasteiger partial charge in [0.2, 0.25) is 5.95 Å². The number of anilines is 2. The zero-order valence-electron chi connectivity index (χ0n) is 11.9. The number of rotatable bonds is 3. The molecule has 6 nitrogen and oxygen atoms in total. The third kappa shape index (κ3) is 2.80. The SMILES string of the molecule is Cc1ccc(Nc2nnc(-c3ccccc3)c(=O)[nH]2)c(O)c1. The summed E-state index contributed by atoms with van der Waals surface area (Å²) in [6.45, 7) is 1.87. The van der Waals surface area contributed by atoms with Gasteiger partial charge in [0.15, 0.2) is 5.69 Å². The molecule has 1 heterocycles. The molecule has 6 heteroatoms. The van der Waals surface area contributed by atoms with E-state index >= 15 is 0 Å². The van der Waals surface area contributed by atoms with E-state index in [-0.39, 0.29) is 23.0 Å². The molecule has 0 saturated carbocycles. The quantitative estimate of drug-likeness (QED) is 0.646. The van der Waals surface area contributed by atoms with Crippen LogP contribution < -0.4 is 10.9 Å². The molecule has 0 amide bonds. The fourth-order valence-corrected chi connectivity index (χ4v) is 2.05. The molecule has 1 aromatic heterocycles. The Balaban J connectivity index is 1.91. The summed E-state index contributed by atoms with van der Waals surface area (Å²) in [5.74, 6) is 0.249. The fraction of sp³-hybridized carbons (Fsp3) is 0.0625. The molecule has 22 heavy (non-hydrogen) atoms. The smallest absolute Gasteiger partial charge is 0.279 e. The molecule has 3 N–H and O–H groups in total. The summed E-state index contributed by atoms with van der Waals surface area (Å²) in [4.78, 5) is 14.7. The molecule has 2 aromatic carbocycles. The van der Waals surface area contributed by atoms with Gasteiger partial charge in [-0.15, -0.1) is 10.2 Å². The Labute approximate surface area is 126 Å². The molecule has 0 bridgehead atoms. The van der Waals surface area contributed by atoms with E-state index < -0.39 is 0 Å². The van der Waals surface area contributed by atoms with Gasteiger partial charge in [-0.05, 0) is 24.6 Å². The average molecular weight is 294 g/mol. The predicted molar refractivity (Wildman–Crippen MR) is 84.2 cm³/mol. The molecule has 0 spiro atoms. The lowest BCUT2D eigenvalue weighted by atomic mass is 10.2. The predicted octanol–water partition coefficient (Wildman–Crippen LogP) is 2.59. The third-order valence-corrected chi connectivity index (χ3v) is 3.15. The zero-order valence-corrected chi connectivity index (χ0v) is 11.9. The summed E-state index contributed by atoms with van der Waals surface area (Å²) in [6.07, 6.45) is 0. The topological polar surface area (TPSA) is 90.9 Å². The van der Waals surface area contributed by atoms with Crippen LogP contribution in [0.1, 0.15) is 5.56 Å². The van der Waals surface area contributed by atoms with Crippen molar-refractivity contribution < 1.29 is 5.11 Å². The van der Waals surface area contributed by atoms with Gasteiger partial charge in [0.25, 0.3) is 5.56 Å². The highest BCUT2D eigenvalue weighted by Crippen LogP contribution is 2.25. The van der Waals surface area contributed by atoms with Crippen molar-refractivity contribution in [2.75, 3.05) is 5.32 Å². The van der Waals surface area contributed by atoms with Crippen LogP contribution in [0.3, 0.4) is 0 Å². The largest absolute Gasteiger partial charge is 0.506 e. The number of H-pyrrole nitrogens is 1. The summed E-state index contributed by atoms with van der Waals surface area (Å²) in [6, 6.07) is 14.3. The Morgan fingerprint density at radius 3 is 2.55 bits per heavy atom. The van der Waals surface area contributed by atoms with Gasteiger partial charge in [-0.1, -0.05) is 36.4 Å². The normalized spacial score (nSPS) is 10.4. The second-order valence-corrected chi connectivity index (χ2v) is 4.86. The van der Waals surface area contributed by atoms with Crippen molar-refractivity contribution in [1.82, 2.24) is 15.2 Å². The van der Waals surface area contributed by atoms with Crippen LogP contribution in [-0.4, -0.2) is 20.3 Å². The van der Waals surface area contributed by atoms with Crippen molar-refractivity contribution >= 4 is 11.6 Å². The van der Waals surface area contributed by atoms with Gasteiger partial charge in [-0.25, -0.2) is 0 Å². The number of nitrogens with zero attached hydrogens (tertiary/aromatic N) is 2. The maximum Gasteiger partial charge on any atom is 0.279 e. The second-order valence-electron chi connectivity index (χ2n) is 4.86. The van der Waals surface area contributed by atoms with E-state index in [0.29, 0.717) is 11.3 Å². The van der Waals surface area contributed by atoms with Crippen molar-refractivity contribution in [3.8, 4) is 17.0 Å². The van der Waals surface area contributed by atoms with Crippen molar-refractivity contribution in [3.63, 3.8) is 0 Å². The number of phenolic OH excluding ortho intramolecular Hbond substituents is 1. The van der Waals surface area contributed by atoms with E-state index in [1.807, 2.05) is 31.2 Å². The van der Waals surface area contributed by atoms with Crippen LogP contribution in [0.25, 0.3) is 11.3 Å². The van der Waals surface area contributed by atoms with Gasteiger partial charge >= 0.3 is 0 Å². The lowest BCUT2D eigenvalue weighted by molar-refractivity contribution is 0.477. The Morgan fingerprint density at radius 1 is 1.09 bits per heavy atom. The number of aromatic amines is 1. The van der Waals surface area contributed by atoms with Gasteiger partial charge < -0.3 is 10.4 Å². The van der Waals surface area contributed by atoms with Crippen molar-refractivity contribution in [2.45, 2.75) is 6.92 Å². The number of hydrogen-bond acceptors (Lipinski definition) is 5. The third-order valence-electron chi connectivity index (χ3n) is 3.15. The maximum atomic E-state index is 12.1. The molecule has 0 aliphatic rings. The Bertz CT molecular complexity index is 860. The highest BCUT2D eigenvalue weighted by atomic mass is 16.3. The van der Waals surface area contributed by atoms with Crippen molar-refractivity contribution in [1.29, 1.82) is 0 Å². The molecular weight excluding hydrogens is 280 g/mol. The molecular formula is C16H14N4O2. The first-order valence-corrected chi connectivity index (χ1v) is 6.72. The molecule has 0 radical (unpaired) electrons. The number of aryl methyl sites for hydroxylation is 1. The average Bonchev–Trinajstić information content (AvgIpc) is 2.51. The van der Waals surface area contributed by atoms with Crippen LogP contribution in [0, 0.1) is 6.92 Å². The fourth-order valence-electron chi connectivity index (χ4n) is 2.05. The highest BCUT2D eigenvalue weighted by molar-refractivity contribution is 5.63. The standard InChI is InChI=1S/C16H14N4O2/c1-10-7-8-12(13(21)9-10)17-16-18-15(22)14(19-20-16)11-5-3-2-4-6-11/h2-9,21H,1H3,(H2,17,18,20,22). The Hall–Kier alpha value is -3.15. The number of benzene rings is 2. The molecule has 3 rings (SSSR count). The van der Waals surface area contributed by atoms with Crippen LogP contribution in [-0.2, 0) is 0 Å². The Kier molecular flexibility index (Phi) is 3.57. The van der Waals surface area contributed by atoms with Crippen molar-refractivity contribution in [2.24, 2.45) is 0 Å². The molecule has 110 valence electrons. The first kappa shape index (κ1) is 13.8. The second kappa shape index (κ2) is 5.69. The van der Waals surface area contributed by atoms with E-state index in [4.69, 9.17) is 0 Å². The van der Waals surface area contributed by atoms with Gasteiger partial charge in [0.1, 0.15) is 5.75 Å². The summed E-state index contributed by atoms with van der Waals surface area (Å²) >= 11 is 0. The highest BCUT2D eigenvalue weighted by Gasteiger charge is 2.08. The van der Waals surface area contributed by atoms with E-state index in [2.05, 4.69) is 20.5 Å². The minimum Gasteiger partial charge on any atom is -0.506 e. The maximum absolute atomic E-state index is 12.1. The first-order chi connectivity index (χ1) is 10.6. The van der Waals surface area contributed by atoms with E-state index in [1.165, 1.54) is 0 Å². The first-order valence-electron chi connectivity index (χ1n) is 6.72. The molecule has 0 aliphatic carbocycles. The number of phenols is 1. The Morgan fingerprint density at radius 2 is 1.86 bits per heavy atom. The van der Waals surface area contributed by atoms with E-state index in [1.54, 1.807) is 24.3 Å². The van der Waals surface area contributed by atoms with Crippen molar-refractivity contribution in [3.05, 3.63) is 64.4 Å². The van der Waals surface area contributed by atoms with Gasteiger partial charge in [-0.3, -0.25) is 9.78 Å². The summed E-state index contributed by atoms with van der Waals surface area (Å²) in [5, 5.41) is 20.6. The molecule has 0 fully saturated rings. The van der Waals surface area contributed by atoms with Crippen LogP contribution in [0.15, 0.2) is 53.3 Å². The van der Waals surface area contributed by atoms with Crippen LogP contribution in [0.4, 0.5) is 11.6 Å². The summed E-state index contributed by atoms with van der Waals surface area (Å²) in [7, 11) is 0. The number of nitrogens with one attached hydrogen (secondary N) is 2. The molecule has 0 saturated heterocycles. The lowest BCUT2D eigenvalue weighted by Crippen LogP contribution is -2.15. The minimum absolute atomic E-state index is 0.0785. The van der Waals surface area contributed by atoms with Crippen LogP contribution in [0.5, 0.6) is 5.75 Å². The van der Waals surface area contributed by atoms with Crippen LogP contribution >= 0.6 is 0 Å². The lowest BCUT2D eigenvalue weighted by Gasteiger charge is -2.08. The van der Waals surface area contributed by atoms with Gasteiger partial charge in [0, 0.05) is 5.56 Å². The molecule has 0 unspecified atom stereocenters. The molecule has 0 aliphatic heterocycles. The van der Waals surface area contributed by atoms with E-state index in [0.717, 1.165) is 5.56 Å². The summed E-state index contributed by atoms with van der Waals surface area (Å²) < 4.78 is 0. The molecule has 0 atom stereocenters. The van der Waals surface area contributed by atoms with Crippen LogP contribution in [0.2, 0.25) is 0 Å².